The van der Waals surface area contributed by atoms with Crippen molar-refractivity contribution < 1.29 is 49.3 Å². The average Bonchev–Trinajstić information content (AvgIpc) is 3.36. The molecule has 0 aliphatic carbocycles. The molecule has 1 heterocycles. The summed E-state index contributed by atoms with van der Waals surface area (Å²) < 4.78 is 17.5. The average molecular weight is 980 g/mol. The summed E-state index contributed by atoms with van der Waals surface area (Å²) in [6, 6.07) is -1.06. The Morgan fingerprint density at radius 3 is 1.54 bits per heavy atom. The van der Waals surface area contributed by atoms with Crippen molar-refractivity contribution in [3.8, 4) is 0 Å². The van der Waals surface area contributed by atoms with Gasteiger partial charge in [-0.3, -0.25) is 9.59 Å². The van der Waals surface area contributed by atoms with Crippen molar-refractivity contribution in [1.82, 2.24) is 5.32 Å². The van der Waals surface area contributed by atoms with Crippen molar-refractivity contribution in [2.75, 3.05) is 13.2 Å². The minimum Gasteiger partial charge on any atom is -0.454 e. The second-order valence-corrected chi connectivity index (χ2v) is 18.2. The Morgan fingerprint density at radius 1 is 0.571 bits per heavy atom. The van der Waals surface area contributed by atoms with E-state index in [1.165, 1.54) is 38.5 Å². The number of hydrogen-bond donors (Lipinski definition) is 6. The predicted molar refractivity (Wildman–Crippen MR) is 287 cm³/mol. The Balaban J connectivity index is 2.82. The number of nitrogens with one attached hydrogen (secondary N) is 1. The van der Waals surface area contributed by atoms with Gasteiger partial charge in [0.2, 0.25) is 5.91 Å². The molecule has 0 saturated carbocycles. The summed E-state index contributed by atoms with van der Waals surface area (Å²) in [5.74, 6) is -1.29. The lowest BCUT2D eigenvalue weighted by Gasteiger charge is -2.41. The molecule has 0 radical (unpaired) electrons. The third kappa shape index (κ3) is 34.6. The first-order chi connectivity index (χ1) is 34.2. The number of esters is 1. The molecule has 8 unspecified atom stereocenters. The van der Waals surface area contributed by atoms with E-state index in [0.717, 1.165) is 103 Å². The number of ether oxygens (including phenoxy) is 3. The number of allylic oxidation sites excluding steroid dienone is 17. The van der Waals surface area contributed by atoms with Gasteiger partial charge in [0.15, 0.2) is 12.4 Å². The minimum atomic E-state index is -1.64. The minimum absolute atomic E-state index is 0.0846. The van der Waals surface area contributed by atoms with Crippen LogP contribution in [0.5, 0.6) is 0 Å². The Labute approximate surface area is 424 Å². The summed E-state index contributed by atoms with van der Waals surface area (Å²) in [5.41, 5.74) is 0. The van der Waals surface area contributed by atoms with Crippen molar-refractivity contribution in [2.45, 2.75) is 237 Å². The highest BCUT2D eigenvalue weighted by Gasteiger charge is 2.47. The van der Waals surface area contributed by atoms with E-state index in [2.05, 4.69) is 111 Å². The molecule has 0 aromatic rings. The maximum Gasteiger partial charge on any atom is 0.306 e. The van der Waals surface area contributed by atoms with Crippen LogP contribution in [-0.4, -0.2) is 99.6 Å². The molecule has 6 N–H and O–H groups in total. The Morgan fingerprint density at radius 2 is 1.03 bits per heavy atom. The topological polar surface area (TPSA) is 175 Å². The highest BCUT2D eigenvalue weighted by molar-refractivity contribution is 5.80. The van der Waals surface area contributed by atoms with Crippen LogP contribution in [0.4, 0.5) is 0 Å². The number of carbonyl (C=O) groups is 2. The van der Waals surface area contributed by atoms with Gasteiger partial charge < -0.3 is 45.1 Å². The zero-order valence-electron chi connectivity index (χ0n) is 43.6. The SMILES string of the molecule is CC/C=C\C/C=C\C/C=C\C/C=C\C/C=C\CCC(O)C(=O)NC(COC1OC(CO)C(O)C(O)C1OC(=O)CCCCCC/C=C/C/C=C/C/C=C/CC)C(O)/C=C/CCCCCCCCCCC. The number of amides is 1. The van der Waals surface area contributed by atoms with Crippen LogP contribution >= 0.6 is 0 Å². The molecular weight excluding hydrogens is 883 g/mol. The second-order valence-electron chi connectivity index (χ2n) is 18.2. The normalized spacial score (nSPS) is 20.6. The maximum absolute atomic E-state index is 13.3. The number of rotatable bonds is 43. The molecule has 1 saturated heterocycles. The third-order valence-electron chi connectivity index (χ3n) is 11.9. The lowest BCUT2D eigenvalue weighted by atomic mass is 9.99. The zero-order chi connectivity index (χ0) is 51.1. The van der Waals surface area contributed by atoms with Gasteiger partial charge in [0.25, 0.3) is 0 Å². The lowest BCUT2D eigenvalue weighted by Crippen LogP contribution is -2.61. The summed E-state index contributed by atoms with van der Waals surface area (Å²) in [4.78, 5) is 26.4. The van der Waals surface area contributed by atoms with Crippen LogP contribution < -0.4 is 5.32 Å². The van der Waals surface area contributed by atoms with Gasteiger partial charge in [-0.25, -0.2) is 0 Å². The quantitative estimate of drug-likeness (QED) is 0.0196. The van der Waals surface area contributed by atoms with Gasteiger partial charge in [0.1, 0.15) is 24.4 Å². The van der Waals surface area contributed by atoms with Crippen LogP contribution in [0.1, 0.15) is 188 Å². The number of aliphatic hydroxyl groups excluding tert-OH is 5. The maximum atomic E-state index is 13.3. The number of aliphatic hydroxyl groups is 5. The van der Waals surface area contributed by atoms with Gasteiger partial charge in [-0.15, -0.1) is 0 Å². The molecule has 0 bridgehead atoms. The molecule has 1 fully saturated rings. The molecule has 70 heavy (non-hydrogen) atoms. The van der Waals surface area contributed by atoms with Gasteiger partial charge in [-0.1, -0.05) is 194 Å². The molecule has 11 nitrogen and oxygen atoms in total. The molecule has 0 spiro atoms. The van der Waals surface area contributed by atoms with E-state index in [1.54, 1.807) is 6.08 Å². The largest absolute Gasteiger partial charge is 0.454 e. The molecule has 398 valence electrons. The van der Waals surface area contributed by atoms with Crippen LogP contribution in [0.15, 0.2) is 109 Å². The molecular formula is C59H97NO10. The molecule has 11 heteroatoms. The van der Waals surface area contributed by atoms with Crippen molar-refractivity contribution >= 4 is 11.9 Å². The van der Waals surface area contributed by atoms with Gasteiger partial charge in [0.05, 0.1) is 25.4 Å². The molecule has 1 aliphatic rings. The summed E-state index contributed by atoms with van der Waals surface area (Å²) in [5, 5.41) is 56.6. The van der Waals surface area contributed by atoms with E-state index in [1.807, 2.05) is 18.2 Å². The van der Waals surface area contributed by atoms with E-state index >= 15 is 0 Å². The van der Waals surface area contributed by atoms with Crippen LogP contribution in [0.2, 0.25) is 0 Å². The molecule has 0 aromatic carbocycles. The fourth-order valence-electron chi connectivity index (χ4n) is 7.64. The molecule has 1 amide bonds. The highest BCUT2D eigenvalue weighted by atomic mass is 16.7. The van der Waals surface area contributed by atoms with Crippen molar-refractivity contribution in [3.05, 3.63) is 109 Å². The monoisotopic (exact) mass is 980 g/mol. The van der Waals surface area contributed by atoms with Crippen LogP contribution in [0, 0.1) is 0 Å². The Hall–Kier alpha value is -3.68. The van der Waals surface area contributed by atoms with Crippen LogP contribution in [0.3, 0.4) is 0 Å². The van der Waals surface area contributed by atoms with Crippen molar-refractivity contribution in [1.29, 1.82) is 0 Å². The fraction of sp³-hybridized carbons (Fsp3) is 0.661. The van der Waals surface area contributed by atoms with Gasteiger partial charge in [-0.05, 0) is 96.3 Å². The molecule has 1 aliphatic heterocycles. The number of unbranched alkanes of at least 4 members (excludes halogenated alkanes) is 13. The van der Waals surface area contributed by atoms with Crippen LogP contribution in [-0.2, 0) is 23.8 Å². The predicted octanol–water partition coefficient (Wildman–Crippen LogP) is 11.8. The van der Waals surface area contributed by atoms with E-state index in [-0.39, 0.29) is 19.4 Å². The summed E-state index contributed by atoms with van der Waals surface area (Å²) in [6.07, 6.45) is 51.5. The van der Waals surface area contributed by atoms with Crippen LogP contribution in [0.25, 0.3) is 0 Å². The Kier molecular flexibility index (Phi) is 42.6. The first-order valence-electron chi connectivity index (χ1n) is 27.2. The van der Waals surface area contributed by atoms with Crippen molar-refractivity contribution in [3.63, 3.8) is 0 Å². The molecule has 0 aromatic heterocycles. The molecule has 1 rings (SSSR count). The van der Waals surface area contributed by atoms with Crippen molar-refractivity contribution in [2.24, 2.45) is 0 Å². The highest BCUT2D eigenvalue weighted by Crippen LogP contribution is 2.26. The van der Waals surface area contributed by atoms with E-state index in [9.17, 15) is 35.1 Å². The standard InChI is InChI=1S/C59H97NO10/c1-4-7-10-13-16-19-22-24-26-27-28-31-34-37-40-43-46-52(63)58(67)60-50(51(62)45-42-39-36-33-30-21-18-15-12-9-6-3)49-68-59-57(56(66)55(65)53(48-61)69-59)70-54(64)47-44-41-38-35-32-29-25-23-20-17-14-11-8-5-2/h7-8,10-11,16-17,19-20,24-26,28-29,31,37,40,42,45,50-53,55-57,59,61-63,65-66H,4-6,9,12-15,18,21-23,27,30,32-36,38-39,41,43-44,46-49H2,1-3H3,(H,60,67)/b10-7-,11-8+,19-16-,20-17+,26-24-,29-25+,31-28-,40-37-,45-42+. The molecule has 8 atom stereocenters. The van der Waals surface area contributed by atoms with Gasteiger partial charge >= 0.3 is 5.97 Å². The first-order valence-corrected chi connectivity index (χ1v) is 27.2. The Bertz CT molecular complexity index is 1550. The van der Waals surface area contributed by atoms with Gasteiger partial charge in [0, 0.05) is 6.42 Å². The third-order valence-corrected chi connectivity index (χ3v) is 11.9. The fourth-order valence-corrected chi connectivity index (χ4v) is 7.64. The smallest absolute Gasteiger partial charge is 0.306 e. The summed E-state index contributed by atoms with van der Waals surface area (Å²) in [6.45, 7) is 5.46. The summed E-state index contributed by atoms with van der Waals surface area (Å²) in [7, 11) is 0. The van der Waals surface area contributed by atoms with E-state index in [0.29, 0.717) is 12.8 Å². The second kappa shape index (κ2) is 46.4. The zero-order valence-corrected chi connectivity index (χ0v) is 43.6. The number of hydrogen-bond acceptors (Lipinski definition) is 10. The van der Waals surface area contributed by atoms with E-state index < -0.39 is 67.4 Å². The number of carbonyl (C=O) groups excluding carboxylic acids is 2. The van der Waals surface area contributed by atoms with Gasteiger partial charge in [-0.2, -0.15) is 0 Å². The van der Waals surface area contributed by atoms with E-state index in [4.69, 9.17) is 14.2 Å². The lowest BCUT2D eigenvalue weighted by molar-refractivity contribution is -0.305. The first kappa shape index (κ1) is 64.3. The summed E-state index contributed by atoms with van der Waals surface area (Å²) >= 11 is 0.